The van der Waals surface area contributed by atoms with Gasteiger partial charge in [0.15, 0.2) is 0 Å². The molecule has 0 fully saturated rings. The van der Waals surface area contributed by atoms with Gasteiger partial charge in [-0.3, -0.25) is 9.89 Å². The van der Waals surface area contributed by atoms with Crippen LogP contribution < -0.4 is 11.3 Å². The molecule has 0 aliphatic heterocycles. The van der Waals surface area contributed by atoms with Gasteiger partial charge in [-0.05, 0) is 32.2 Å². The third-order valence-corrected chi connectivity index (χ3v) is 3.04. The van der Waals surface area contributed by atoms with Crippen molar-refractivity contribution >= 4 is 5.78 Å². The van der Waals surface area contributed by atoms with E-state index in [9.17, 15) is 4.79 Å². The zero-order chi connectivity index (χ0) is 13.1. The Kier molecular flexibility index (Phi) is 3.76. The maximum atomic E-state index is 11.7. The van der Waals surface area contributed by atoms with E-state index >= 15 is 0 Å². The van der Waals surface area contributed by atoms with Crippen LogP contribution in [-0.2, 0) is 6.42 Å². The summed E-state index contributed by atoms with van der Waals surface area (Å²) in [6.07, 6.45) is 2.82. The van der Waals surface area contributed by atoms with E-state index < -0.39 is 0 Å². The first-order chi connectivity index (χ1) is 8.60. The van der Waals surface area contributed by atoms with E-state index in [1.807, 2.05) is 0 Å². The van der Waals surface area contributed by atoms with E-state index in [0.717, 1.165) is 25.1 Å². The Morgan fingerprint density at radius 3 is 2.94 bits per heavy atom. The quantitative estimate of drug-likeness (QED) is 0.814. The maximum Gasteiger partial charge on any atom is 0.274 e. The molecule has 0 aromatic carbocycles. The monoisotopic (exact) mass is 249 g/mol. The van der Waals surface area contributed by atoms with Crippen molar-refractivity contribution in [2.45, 2.75) is 33.1 Å². The van der Waals surface area contributed by atoms with E-state index in [0.29, 0.717) is 23.9 Å². The molecule has 2 aromatic rings. The zero-order valence-electron chi connectivity index (χ0n) is 10.8. The number of nitrogens with zero attached hydrogens (tertiary/aromatic N) is 3. The average Bonchev–Trinajstić information content (AvgIpc) is 2.70. The van der Waals surface area contributed by atoms with Crippen LogP contribution in [0.25, 0.3) is 5.78 Å². The number of fused-ring (bicyclic) bond motifs is 1. The van der Waals surface area contributed by atoms with Gasteiger partial charge in [0, 0.05) is 18.2 Å². The van der Waals surface area contributed by atoms with Gasteiger partial charge in [-0.25, -0.2) is 4.98 Å². The Morgan fingerprint density at radius 1 is 1.44 bits per heavy atom. The number of aromatic amines is 1. The Hall–Kier alpha value is -1.69. The Labute approximate surface area is 105 Å². The lowest BCUT2D eigenvalue weighted by atomic mass is 10.0. The van der Waals surface area contributed by atoms with E-state index in [1.165, 1.54) is 10.6 Å². The lowest BCUT2D eigenvalue weighted by Crippen LogP contribution is -2.14. The van der Waals surface area contributed by atoms with Crippen LogP contribution in [0.5, 0.6) is 0 Å². The molecule has 2 aromatic heterocycles. The number of H-pyrrole nitrogens is 1. The second-order valence-electron chi connectivity index (χ2n) is 4.76. The largest absolute Gasteiger partial charge is 0.330 e. The van der Waals surface area contributed by atoms with Crippen LogP contribution in [0.4, 0.5) is 0 Å². The normalized spacial score (nSPS) is 13.1. The number of nitrogens with two attached hydrogens (primary N) is 1. The molecule has 1 unspecified atom stereocenters. The summed E-state index contributed by atoms with van der Waals surface area (Å²) in [5.74, 6) is 1.81. The first kappa shape index (κ1) is 12.8. The highest BCUT2D eigenvalue weighted by molar-refractivity contribution is 5.27. The van der Waals surface area contributed by atoms with Crippen LogP contribution in [0, 0.1) is 12.8 Å². The molecular weight excluding hydrogens is 230 g/mol. The van der Waals surface area contributed by atoms with Gasteiger partial charge in [-0.2, -0.15) is 9.50 Å². The predicted octanol–water partition coefficient (Wildman–Crippen LogP) is 0.644. The minimum atomic E-state index is -0.119. The highest BCUT2D eigenvalue weighted by Gasteiger charge is 2.08. The number of aromatic nitrogens is 4. The van der Waals surface area contributed by atoms with Gasteiger partial charge in [0.1, 0.15) is 5.82 Å². The maximum absolute atomic E-state index is 11.7. The van der Waals surface area contributed by atoms with Crippen molar-refractivity contribution in [1.82, 2.24) is 19.6 Å². The summed E-state index contributed by atoms with van der Waals surface area (Å²) in [5, 5.41) is 2.99. The highest BCUT2D eigenvalue weighted by atomic mass is 16.1. The molecule has 0 bridgehead atoms. The number of hydrogen-bond donors (Lipinski definition) is 2. The smallest absolute Gasteiger partial charge is 0.274 e. The third-order valence-electron chi connectivity index (χ3n) is 3.04. The van der Waals surface area contributed by atoms with Gasteiger partial charge in [0.05, 0.1) is 0 Å². The number of rotatable bonds is 5. The topological polar surface area (TPSA) is 89.1 Å². The van der Waals surface area contributed by atoms with Gasteiger partial charge in [-0.1, -0.05) is 6.92 Å². The second kappa shape index (κ2) is 5.30. The minimum absolute atomic E-state index is 0.119. The summed E-state index contributed by atoms with van der Waals surface area (Å²) >= 11 is 0. The molecule has 0 amide bonds. The van der Waals surface area contributed by atoms with Crippen LogP contribution >= 0.6 is 0 Å². The number of nitrogens with one attached hydrogen (secondary N) is 1. The van der Waals surface area contributed by atoms with Crippen LogP contribution in [-0.4, -0.2) is 26.1 Å². The molecule has 98 valence electrons. The zero-order valence-corrected chi connectivity index (χ0v) is 10.8. The van der Waals surface area contributed by atoms with E-state index in [2.05, 4.69) is 22.0 Å². The fourth-order valence-corrected chi connectivity index (χ4v) is 1.96. The van der Waals surface area contributed by atoms with Crippen molar-refractivity contribution < 1.29 is 0 Å². The highest BCUT2D eigenvalue weighted by Crippen LogP contribution is 2.09. The summed E-state index contributed by atoms with van der Waals surface area (Å²) < 4.78 is 1.38. The Morgan fingerprint density at radius 2 is 2.22 bits per heavy atom. The molecule has 1 atom stereocenters. The number of hydrogen-bond acceptors (Lipinski definition) is 4. The summed E-state index contributed by atoms with van der Waals surface area (Å²) in [6, 6.07) is 1.49. The van der Waals surface area contributed by atoms with Crippen molar-refractivity contribution in [2.24, 2.45) is 11.7 Å². The molecule has 0 spiro atoms. The van der Waals surface area contributed by atoms with Gasteiger partial charge in [-0.15, -0.1) is 0 Å². The van der Waals surface area contributed by atoms with Gasteiger partial charge in [0.25, 0.3) is 11.3 Å². The molecule has 0 saturated carbocycles. The second-order valence-corrected chi connectivity index (χ2v) is 4.76. The van der Waals surface area contributed by atoms with E-state index in [4.69, 9.17) is 5.73 Å². The molecule has 6 heteroatoms. The van der Waals surface area contributed by atoms with Crippen molar-refractivity contribution in [2.75, 3.05) is 6.54 Å². The SMILES string of the molecule is Cc1cc(=O)n2[nH]c(CCC(C)CCN)nc2n1. The summed E-state index contributed by atoms with van der Waals surface area (Å²) in [6.45, 7) is 4.67. The van der Waals surface area contributed by atoms with Gasteiger partial charge >= 0.3 is 0 Å². The van der Waals surface area contributed by atoms with Gasteiger partial charge in [0.2, 0.25) is 0 Å². The molecule has 0 aliphatic carbocycles. The third kappa shape index (κ3) is 2.76. The molecule has 6 nitrogen and oxygen atoms in total. The van der Waals surface area contributed by atoms with Crippen LogP contribution in [0.2, 0.25) is 0 Å². The first-order valence-electron chi connectivity index (χ1n) is 6.25. The number of aryl methyl sites for hydroxylation is 2. The first-order valence-corrected chi connectivity index (χ1v) is 6.25. The summed E-state index contributed by atoms with van der Waals surface area (Å²) in [4.78, 5) is 20.2. The van der Waals surface area contributed by atoms with Crippen molar-refractivity contribution in [3.63, 3.8) is 0 Å². The standard InChI is InChI=1S/C12H19N5O/c1-8(5-6-13)3-4-10-15-12-14-9(2)7-11(18)17(12)16-10/h7-8H,3-6,13H2,1-2H3,(H,14,15,16). The Bertz CT molecular complexity index is 586. The van der Waals surface area contributed by atoms with Crippen molar-refractivity contribution in [3.05, 3.63) is 27.9 Å². The summed E-state index contributed by atoms with van der Waals surface area (Å²) in [5.41, 5.74) is 6.09. The van der Waals surface area contributed by atoms with E-state index in [-0.39, 0.29) is 5.56 Å². The lowest BCUT2D eigenvalue weighted by Gasteiger charge is -2.07. The molecule has 0 saturated heterocycles. The molecule has 18 heavy (non-hydrogen) atoms. The molecule has 3 N–H and O–H groups in total. The van der Waals surface area contributed by atoms with Gasteiger partial charge < -0.3 is 5.73 Å². The van der Waals surface area contributed by atoms with Crippen LogP contribution in [0.15, 0.2) is 10.9 Å². The molecule has 2 heterocycles. The average molecular weight is 249 g/mol. The van der Waals surface area contributed by atoms with Crippen molar-refractivity contribution in [3.8, 4) is 0 Å². The van der Waals surface area contributed by atoms with Crippen LogP contribution in [0.3, 0.4) is 0 Å². The van der Waals surface area contributed by atoms with E-state index in [1.54, 1.807) is 6.92 Å². The molecule has 0 aliphatic rings. The molecule has 0 radical (unpaired) electrons. The van der Waals surface area contributed by atoms with Crippen molar-refractivity contribution in [1.29, 1.82) is 0 Å². The predicted molar refractivity (Wildman–Crippen MR) is 69.5 cm³/mol. The van der Waals surface area contributed by atoms with Crippen LogP contribution in [0.1, 0.15) is 31.3 Å². The fourth-order valence-electron chi connectivity index (χ4n) is 1.96. The lowest BCUT2D eigenvalue weighted by molar-refractivity contribution is 0.493. The molecular formula is C12H19N5O. The Balaban J connectivity index is 2.15. The summed E-state index contributed by atoms with van der Waals surface area (Å²) in [7, 11) is 0. The molecule has 2 rings (SSSR count). The fraction of sp³-hybridized carbons (Fsp3) is 0.583. The minimum Gasteiger partial charge on any atom is -0.330 e.